The second-order valence-corrected chi connectivity index (χ2v) is 3.57. The van der Waals surface area contributed by atoms with E-state index in [9.17, 15) is 4.79 Å². The summed E-state index contributed by atoms with van der Waals surface area (Å²) in [7, 11) is 5.60. The van der Waals surface area contributed by atoms with Gasteiger partial charge in [-0.3, -0.25) is 4.79 Å². The maximum atomic E-state index is 11.6. The van der Waals surface area contributed by atoms with Crippen LogP contribution in [0.4, 0.5) is 0 Å². The Kier molecular flexibility index (Phi) is 6.21. The van der Waals surface area contributed by atoms with Crippen LogP contribution < -0.4 is 0 Å². The van der Waals surface area contributed by atoms with Gasteiger partial charge in [-0.2, -0.15) is 0 Å². The number of Topliss-reactive ketones (excluding diaryl/α,β-unsaturated/α-hetero) is 1. The smallest absolute Gasteiger partial charge is 0.161 e. The Balaban J connectivity index is 4.50. The fourth-order valence-electron chi connectivity index (χ4n) is 1.18. The summed E-state index contributed by atoms with van der Waals surface area (Å²) in [5, 5.41) is 0. The fourth-order valence-corrected chi connectivity index (χ4v) is 1.18. The average Bonchev–Trinajstić information content (AvgIpc) is 2.16. The van der Waals surface area contributed by atoms with Gasteiger partial charge < -0.3 is 9.64 Å². The number of ketones is 1. The normalized spacial score (nSPS) is 12.7. The zero-order valence-electron chi connectivity index (χ0n) is 9.89. The number of carbonyl (C=O) groups excluding carboxylic acids is 1. The van der Waals surface area contributed by atoms with Crippen LogP contribution in [0.3, 0.4) is 0 Å². The summed E-state index contributed by atoms with van der Waals surface area (Å²) < 4.78 is 5.11. The van der Waals surface area contributed by atoms with Crippen LogP contribution in [-0.2, 0) is 9.53 Å². The number of ether oxygens (including phenoxy) is 1. The molecule has 0 aromatic carbocycles. The molecule has 0 N–H and O–H groups in total. The van der Waals surface area contributed by atoms with Gasteiger partial charge in [0.15, 0.2) is 5.78 Å². The minimum atomic E-state index is 0.186. The van der Waals surface area contributed by atoms with Crippen LogP contribution in [0.1, 0.15) is 26.7 Å². The van der Waals surface area contributed by atoms with Crippen LogP contribution in [0.25, 0.3) is 0 Å². The molecule has 0 unspecified atom stereocenters. The minimum Gasteiger partial charge on any atom is -0.501 e. The molecule has 0 atom stereocenters. The van der Waals surface area contributed by atoms with Gasteiger partial charge in [0.2, 0.25) is 0 Å². The molecule has 0 aromatic rings. The summed E-state index contributed by atoms with van der Waals surface area (Å²) in [6.07, 6.45) is 1.31. The van der Waals surface area contributed by atoms with E-state index in [0.29, 0.717) is 6.42 Å². The lowest BCUT2D eigenvalue weighted by molar-refractivity contribution is -0.115. The van der Waals surface area contributed by atoms with Crippen molar-refractivity contribution in [3.8, 4) is 0 Å². The van der Waals surface area contributed by atoms with E-state index in [-0.39, 0.29) is 5.78 Å². The summed E-state index contributed by atoms with van der Waals surface area (Å²) in [6, 6.07) is 0. The lowest BCUT2D eigenvalue weighted by atomic mass is 10.0. The number of hydrogen-bond acceptors (Lipinski definition) is 3. The largest absolute Gasteiger partial charge is 0.501 e. The monoisotopic (exact) mass is 199 g/mol. The SMILES string of the molecule is CCC(=O)/C(CCN(C)C)=C(/C)OC. The second kappa shape index (κ2) is 6.60. The molecule has 0 saturated heterocycles. The van der Waals surface area contributed by atoms with Crippen molar-refractivity contribution >= 4 is 5.78 Å². The van der Waals surface area contributed by atoms with Crippen molar-refractivity contribution in [2.24, 2.45) is 0 Å². The predicted octanol–water partition coefficient (Wildman–Crippen LogP) is 1.84. The Morgan fingerprint density at radius 3 is 2.29 bits per heavy atom. The molecule has 0 heterocycles. The van der Waals surface area contributed by atoms with Crippen molar-refractivity contribution < 1.29 is 9.53 Å². The van der Waals surface area contributed by atoms with Crippen molar-refractivity contribution in [3.63, 3.8) is 0 Å². The first-order chi connectivity index (χ1) is 6.52. The molecule has 0 aromatic heterocycles. The van der Waals surface area contributed by atoms with Gasteiger partial charge in [0.1, 0.15) is 0 Å². The molecule has 0 saturated carbocycles. The van der Waals surface area contributed by atoms with Gasteiger partial charge in [-0.25, -0.2) is 0 Å². The molecule has 3 nitrogen and oxygen atoms in total. The Morgan fingerprint density at radius 2 is 1.93 bits per heavy atom. The highest BCUT2D eigenvalue weighted by Gasteiger charge is 2.11. The second-order valence-electron chi connectivity index (χ2n) is 3.57. The number of carbonyl (C=O) groups is 1. The molecule has 0 aliphatic carbocycles. The van der Waals surface area contributed by atoms with E-state index in [1.165, 1.54) is 0 Å². The van der Waals surface area contributed by atoms with Crippen molar-refractivity contribution in [1.29, 1.82) is 0 Å². The van der Waals surface area contributed by atoms with Crippen molar-refractivity contribution in [2.75, 3.05) is 27.7 Å². The molecule has 0 bridgehead atoms. The van der Waals surface area contributed by atoms with Crippen molar-refractivity contribution in [1.82, 2.24) is 4.90 Å². The van der Waals surface area contributed by atoms with Crippen LogP contribution in [0.15, 0.2) is 11.3 Å². The summed E-state index contributed by atoms with van der Waals surface area (Å²) in [5.41, 5.74) is 0.823. The van der Waals surface area contributed by atoms with E-state index >= 15 is 0 Å². The van der Waals surface area contributed by atoms with Crippen LogP contribution in [0.5, 0.6) is 0 Å². The van der Waals surface area contributed by atoms with Gasteiger partial charge in [-0.1, -0.05) is 6.92 Å². The third-order valence-electron chi connectivity index (χ3n) is 2.20. The topological polar surface area (TPSA) is 29.5 Å². The van der Waals surface area contributed by atoms with Crippen LogP contribution >= 0.6 is 0 Å². The van der Waals surface area contributed by atoms with Crippen molar-refractivity contribution in [2.45, 2.75) is 26.7 Å². The van der Waals surface area contributed by atoms with E-state index in [0.717, 1.165) is 24.3 Å². The molecule has 14 heavy (non-hydrogen) atoms. The van der Waals surface area contributed by atoms with Gasteiger partial charge in [-0.05, 0) is 27.4 Å². The first-order valence-corrected chi connectivity index (χ1v) is 4.94. The third-order valence-corrected chi connectivity index (χ3v) is 2.20. The molecule has 3 heteroatoms. The Hall–Kier alpha value is -0.830. The molecule has 82 valence electrons. The van der Waals surface area contributed by atoms with Gasteiger partial charge >= 0.3 is 0 Å². The number of rotatable bonds is 6. The molecule has 0 fully saturated rings. The predicted molar refractivity (Wildman–Crippen MR) is 58.2 cm³/mol. The maximum absolute atomic E-state index is 11.6. The van der Waals surface area contributed by atoms with Gasteiger partial charge in [0.05, 0.1) is 12.9 Å². The average molecular weight is 199 g/mol. The summed E-state index contributed by atoms with van der Waals surface area (Å²) in [6.45, 7) is 4.60. The van der Waals surface area contributed by atoms with Crippen molar-refractivity contribution in [3.05, 3.63) is 11.3 Å². The van der Waals surface area contributed by atoms with E-state index in [1.807, 2.05) is 27.9 Å². The van der Waals surface area contributed by atoms with E-state index < -0.39 is 0 Å². The molecule has 0 radical (unpaired) electrons. The standard InChI is InChI=1S/C11H21NO2/c1-6-11(13)10(9(2)14-5)7-8-12(3)4/h6-8H2,1-5H3/b10-9-. The minimum absolute atomic E-state index is 0.186. The Labute approximate surface area is 86.7 Å². The zero-order valence-corrected chi connectivity index (χ0v) is 9.89. The lowest BCUT2D eigenvalue weighted by Gasteiger charge is -2.13. The highest BCUT2D eigenvalue weighted by molar-refractivity contribution is 5.95. The first kappa shape index (κ1) is 13.2. The maximum Gasteiger partial charge on any atom is 0.161 e. The highest BCUT2D eigenvalue weighted by atomic mass is 16.5. The van der Waals surface area contributed by atoms with Gasteiger partial charge in [-0.15, -0.1) is 0 Å². The third kappa shape index (κ3) is 4.42. The Morgan fingerprint density at radius 1 is 1.36 bits per heavy atom. The number of methoxy groups -OCH3 is 1. The van der Waals surface area contributed by atoms with Gasteiger partial charge in [0, 0.05) is 18.5 Å². The first-order valence-electron chi connectivity index (χ1n) is 4.94. The van der Waals surface area contributed by atoms with Crippen LogP contribution in [0.2, 0.25) is 0 Å². The fraction of sp³-hybridized carbons (Fsp3) is 0.727. The highest BCUT2D eigenvalue weighted by Crippen LogP contribution is 2.12. The summed E-state index contributed by atoms with van der Waals surface area (Å²) >= 11 is 0. The molecule has 0 rings (SSSR count). The van der Waals surface area contributed by atoms with Gasteiger partial charge in [0.25, 0.3) is 0 Å². The Bertz CT molecular complexity index is 219. The molecule has 0 aliphatic heterocycles. The molecular weight excluding hydrogens is 178 g/mol. The lowest BCUT2D eigenvalue weighted by Crippen LogP contribution is -2.16. The van der Waals surface area contributed by atoms with Crippen LogP contribution in [-0.4, -0.2) is 38.4 Å². The molecule has 0 amide bonds. The van der Waals surface area contributed by atoms with E-state index in [2.05, 4.69) is 4.90 Å². The van der Waals surface area contributed by atoms with E-state index in [1.54, 1.807) is 7.11 Å². The van der Waals surface area contributed by atoms with E-state index in [4.69, 9.17) is 4.74 Å². The number of allylic oxidation sites excluding steroid dienone is 1. The summed E-state index contributed by atoms with van der Waals surface area (Å²) in [5.74, 6) is 0.935. The number of nitrogens with zero attached hydrogens (tertiary/aromatic N) is 1. The molecule has 0 aliphatic rings. The quantitative estimate of drug-likeness (QED) is 0.483. The number of hydrogen-bond donors (Lipinski definition) is 0. The molecule has 0 spiro atoms. The summed E-state index contributed by atoms with van der Waals surface area (Å²) in [4.78, 5) is 13.6. The molecular formula is C11H21NO2. The van der Waals surface area contributed by atoms with Crippen LogP contribution in [0, 0.1) is 0 Å². The zero-order chi connectivity index (χ0) is 11.1.